The fourth-order valence-electron chi connectivity index (χ4n) is 5.65. The first kappa shape index (κ1) is 24.1. The predicted octanol–water partition coefficient (Wildman–Crippen LogP) is 4.02. The van der Waals surface area contributed by atoms with Crippen LogP contribution in [0, 0.1) is 6.92 Å². The zero-order valence-corrected chi connectivity index (χ0v) is 20.0. The SMILES string of the molecule is Cc1nn(-c2cccc(OC(F)(F)F)c2)c(C2CC2)c1C(=O)N1CCC(N2C[C@H](O)C[C@@H]2C)CC1. The molecule has 1 N–H and O–H groups in total. The smallest absolute Gasteiger partial charge is 0.406 e. The Bertz CT molecular complexity index is 1090. The second kappa shape index (κ2) is 9.13. The number of carbonyl (C=O) groups is 1. The third-order valence-corrected chi connectivity index (χ3v) is 7.39. The summed E-state index contributed by atoms with van der Waals surface area (Å²) in [6, 6.07) is 6.42. The van der Waals surface area contributed by atoms with E-state index < -0.39 is 6.36 Å². The Morgan fingerprint density at radius 1 is 1.17 bits per heavy atom. The average Bonchev–Trinajstić information content (AvgIpc) is 3.50. The van der Waals surface area contributed by atoms with E-state index in [9.17, 15) is 23.1 Å². The Labute approximate surface area is 202 Å². The first-order chi connectivity index (χ1) is 16.6. The van der Waals surface area contributed by atoms with Gasteiger partial charge in [0.25, 0.3) is 5.91 Å². The van der Waals surface area contributed by atoms with Gasteiger partial charge in [-0.3, -0.25) is 9.69 Å². The molecule has 35 heavy (non-hydrogen) atoms. The van der Waals surface area contributed by atoms with Gasteiger partial charge >= 0.3 is 6.36 Å². The largest absolute Gasteiger partial charge is 0.573 e. The molecule has 3 fully saturated rings. The molecule has 1 aromatic heterocycles. The lowest BCUT2D eigenvalue weighted by molar-refractivity contribution is -0.274. The zero-order valence-electron chi connectivity index (χ0n) is 20.0. The average molecular weight is 493 g/mol. The van der Waals surface area contributed by atoms with E-state index in [-0.39, 0.29) is 23.7 Å². The minimum Gasteiger partial charge on any atom is -0.406 e. The van der Waals surface area contributed by atoms with Crippen LogP contribution in [-0.4, -0.2) is 74.8 Å². The highest BCUT2D eigenvalue weighted by Crippen LogP contribution is 2.44. The molecule has 1 aliphatic carbocycles. The number of aliphatic hydroxyl groups excluding tert-OH is 1. The van der Waals surface area contributed by atoms with Crippen molar-refractivity contribution in [3.05, 3.63) is 41.2 Å². The second-order valence-electron chi connectivity index (χ2n) is 10.0. The van der Waals surface area contributed by atoms with Gasteiger partial charge in [-0.15, -0.1) is 13.2 Å². The van der Waals surface area contributed by atoms with Crippen molar-refractivity contribution in [3.8, 4) is 11.4 Å². The molecule has 0 bridgehead atoms. The Kier molecular flexibility index (Phi) is 6.29. The molecule has 1 amide bonds. The van der Waals surface area contributed by atoms with Crippen LogP contribution in [0.2, 0.25) is 0 Å². The monoisotopic (exact) mass is 492 g/mol. The Hall–Kier alpha value is -2.59. The number of alkyl halides is 3. The normalized spacial score (nSPS) is 24.2. The number of carbonyl (C=O) groups excluding carboxylic acids is 1. The summed E-state index contributed by atoms with van der Waals surface area (Å²) in [5, 5.41) is 14.6. The van der Waals surface area contributed by atoms with Crippen LogP contribution >= 0.6 is 0 Å². The molecule has 0 spiro atoms. The summed E-state index contributed by atoms with van der Waals surface area (Å²) in [5.41, 5.74) is 2.36. The Morgan fingerprint density at radius 2 is 1.89 bits per heavy atom. The topological polar surface area (TPSA) is 70.8 Å². The second-order valence-corrected chi connectivity index (χ2v) is 10.0. The molecule has 10 heteroatoms. The van der Waals surface area contributed by atoms with Gasteiger partial charge in [0, 0.05) is 43.7 Å². The summed E-state index contributed by atoms with van der Waals surface area (Å²) in [6.45, 7) is 5.88. The number of halogens is 3. The van der Waals surface area contributed by atoms with Gasteiger partial charge in [0.05, 0.1) is 28.7 Å². The molecule has 1 aromatic carbocycles. The molecule has 2 atom stereocenters. The van der Waals surface area contributed by atoms with E-state index in [1.165, 1.54) is 18.2 Å². The van der Waals surface area contributed by atoms with Crippen molar-refractivity contribution < 1.29 is 27.8 Å². The van der Waals surface area contributed by atoms with Gasteiger partial charge in [0.2, 0.25) is 0 Å². The van der Waals surface area contributed by atoms with Crippen LogP contribution in [0.3, 0.4) is 0 Å². The predicted molar refractivity (Wildman–Crippen MR) is 123 cm³/mol. The first-order valence-corrected chi connectivity index (χ1v) is 12.3. The van der Waals surface area contributed by atoms with E-state index in [1.807, 2.05) is 4.90 Å². The molecule has 0 unspecified atom stereocenters. The summed E-state index contributed by atoms with van der Waals surface area (Å²) in [4.78, 5) is 17.9. The molecule has 3 aliphatic rings. The molecule has 5 rings (SSSR count). The van der Waals surface area contributed by atoms with Crippen LogP contribution in [0.1, 0.15) is 66.7 Å². The molecular weight excluding hydrogens is 461 g/mol. The number of piperidine rings is 1. The number of hydrogen-bond acceptors (Lipinski definition) is 5. The maximum Gasteiger partial charge on any atom is 0.573 e. The quantitative estimate of drug-likeness (QED) is 0.683. The van der Waals surface area contributed by atoms with E-state index in [1.54, 1.807) is 17.7 Å². The third-order valence-electron chi connectivity index (χ3n) is 7.39. The number of benzene rings is 1. The van der Waals surface area contributed by atoms with Crippen LogP contribution in [-0.2, 0) is 0 Å². The van der Waals surface area contributed by atoms with Crippen LogP contribution < -0.4 is 4.74 Å². The number of β-amino-alcohol motifs (C(OH)–C–C–N with tert-alkyl or cyclic N) is 1. The van der Waals surface area contributed by atoms with Gasteiger partial charge in [0.1, 0.15) is 5.75 Å². The lowest BCUT2D eigenvalue weighted by Gasteiger charge is -2.38. The van der Waals surface area contributed by atoms with Gasteiger partial charge in [-0.05, 0) is 58.1 Å². The van der Waals surface area contributed by atoms with E-state index in [0.29, 0.717) is 48.7 Å². The highest BCUT2D eigenvalue weighted by atomic mass is 19.4. The molecular formula is C25H31F3N4O3. The Balaban J connectivity index is 1.37. The Morgan fingerprint density at radius 3 is 2.49 bits per heavy atom. The molecule has 1 saturated carbocycles. The van der Waals surface area contributed by atoms with E-state index in [2.05, 4.69) is 21.7 Å². The van der Waals surface area contributed by atoms with Crippen molar-refractivity contribution >= 4 is 5.91 Å². The summed E-state index contributed by atoms with van der Waals surface area (Å²) in [6.07, 6.45) is -0.729. The number of aliphatic hydroxyl groups is 1. The summed E-state index contributed by atoms with van der Waals surface area (Å²) in [5.74, 6) is -0.223. The molecule has 7 nitrogen and oxygen atoms in total. The van der Waals surface area contributed by atoms with Crippen molar-refractivity contribution in [3.63, 3.8) is 0 Å². The number of likely N-dealkylation sites (tertiary alicyclic amines) is 2. The van der Waals surface area contributed by atoms with Gasteiger partial charge in [-0.2, -0.15) is 5.10 Å². The summed E-state index contributed by atoms with van der Waals surface area (Å²) >= 11 is 0. The minimum atomic E-state index is -4.78. The van der Waals surface area contributed by atoms with E-state index in [0.717, 1.165) is 37.8 Å². The van der Waals surface area contributed by atoms with Crippen LogP contribution in [0.15, 0.2) is 24.3 Å². The van der Waals surface area contributed by atoms with Crippen LogP contribution in [0.25, 0.3) is 5.69 Å². The molecule has 2 aromatic rings. The summed E-state index contributed by atoms with van der Waals surface area (Å²) in [7, 11) is 0. The fourth-order valence-corrected chi connectivity index (χ4v) is 5.65. The number of hydrogen-bond donors (Lipinski definition) is 1. The van der Waals surface area contributed by atoms with Crippen molar-refractivity contribution in [1.82, 2.24) is 19.6 Å². The lowest BCUT2D eigenvalue weighted by Crippen LogP contribution is -2.48. The maximum atomic E-state index is 13.7. The van der Waals surface area contributed by atoms with Crippen LogP contribution in [0.4, 0.5) is 13.2 Å². The first-order valence-electron chi connectivity index (χ1n) is 12.3. The van der Waals surface area contributed by atoms with Crippen molar-refractivity contribution in [2.75, 3.05) is 19.6 Å². The number of ether oxygens (including phenoxy) is 1. The number of nitrogens with zero attached hydrogens (tertiary/aromatic N) is 4. The van der Waals surface area contributed by atoms with Crippen molar-refractivity contribution in [2.45, 2.75) is 76.4 Å². The van der Waals surface area contributed by atoms with Crippen molar-refractivity contribution in [1.29, 1.82) is 0 Å². The zero-order chi connectivity index (χ0) is 24.9. The highest BCUT2D eigenvalue weighted by molar-refractivity contribution is 5.97. The number of rotatable bonds is 5. The fraction of sp³-hybridized carbons (Fsp3) is 0.600. The molecule has 2 saturated heterocycles. The van der Waals surface area contributed by atoms with Gasteiger partial charge < -0.3 is 14.7 Å². The van der Waals surface area contributed by atoms with Gasteiger partial charge in [0.15, 0.2) is 0 Å². The number of aromatic nitrogens is 2. The standard InChI is InChI=1S/C25H31F3N4O3/c1-15-12-20(33)14-31(15)18-8-10-30(11-9-18)24(34)22-16(2)29-32(23(22)17-6-7-17)19-4-3-5-21(13-19)35-25(26,27)28/h3-5,13,15,17-18,20,33H,6-12,14H2,1-2H3/t15-,20+/m0/s1. The van der Waals surface area contributed by atoms with Crippen molar-refractivity contribution in [2.24, 2.45) is 0 Å². The molecule has 0 radical (unpaired) electrons. The lowest BCUT2D eigenvalue weighted by atomic mass is 10.0. The maximum absolute atomic E-state index is 13.7. The summed E-state index contributed by atoms with van der Waals surface area (Å²) < 4.78 is 43.9. The van der Waals surface area contributed by atoms with E-state index >= 15 is 0 Å². The van der Waals surface area contributed by atoms with Gasteiger partial charge in [-0.1, -0.05) is 6.07 Å². The van der Waals surface area contributed by atoms with Crippen LogP contribution in [0.5, 0.6) is 5.75 Å². The third kappa shape index (κ3) is 5.04. The molecule has 2 aliphatic heterocycles. The number of aryl methyl sites for hydroxylation is 1. The van der Waals surface area contributed by atoms with Gasteiger partial charge in [-0.25, -0.2) is 4.68 Å². The highest BCUT2D eigenvalue weighted by Gasteiger charge is 2.39. The molecule has 3 heterocycles. The minimum absolute atomic E-state index is 0.0636. The van der Waals surface area contributed by atoms with E-state index in [4.69, 9.17) is 0 Å². The number of amides is 1. The molecule has 190 valence electrons.